The first-order valence-corrected chi connectivity index (χ1v) is 5.89. The minimum Gasteiger partial charge on any atom is -0.366 e. The molecule has 86 valence electrons. The summed E-state index contributed by atoms with van der Waals surface area (Å²) in [6.45, 7) is 7.80. The Balaban J connectivity index is 2.05. The summed E-state index contributed by atoms with van der Waals surface area (Å²) >= 11 is 4.18. The van der Waals surface area contributed by atoms with E-state index >= 15 is 0 Å². The van der Waals surface area contributed by atoms with Crippen LogP contribution in [-0.4, -0.2) is 41.7 Å². The van der Waals surface area contributed by atoms with Gasteiger partial charge in [-0.3, -0.25) is 4.90 Å². The fraction of sp³-hybridized carbons (Fsp3) is 0.818. The van der Waals surface area contributed by atoms with Crippen LogP contribution in [0, 0.1) is 0 Å². The van der Waals surface area contributed by atoms with Gasteiger partial charge in [-0.1, -0.05) is 12.2 Å². The third-order valence-electron chi connectivity index (χ3n) is 3.28. The number of thiol groups is 1. The van der Waals surface area contributed by atoms with Gasteiger partial charge in [0.1, 0.15) is 6.17 Å². The van der Waals surface area contributed by atoms with Gasteiger partial charge in [-0.25, -0.2) is 4.39 Å². The minimum atomic E-state index is -0.711. The van der Waals surface area contributed by atoms with Gasteiger partial charge >= 0.3 is 0 Å². The van der Waals surface area contributed by atoms with Crippen LogP contribution < -0.4 is 0 Å². The van der Waals surface area contributed by atoms with Crippen molar-refractivity contribution in [1.82, 2.24) is 4.90 Å². The Morgan fingerprint density at radius 2 is 2.53 bits per heavy atom. The normalized spacial score (nSPS) is 38.3. The fourth-order valence-electron chi connectivity index (χ4n) is 2.72. The van der Waals surface area contributed by atoms with Crippen molar-refractivity contribution < 1.29 is 9.13 Å². The Morgan fingerprint density at radius 1 is 1.80 bits per heavy atom. The van der Waals surface area contributed by atoms with E-state index in [9.17, 15) is 4.39 Å². The smallest absolute Gasteiger partial charge is 0.115 e. The topological polar surface area (TPSA) is 12.5 Å². The molecule has 0 spiro atoms. The van der Waals surface area contributed by atoms with Crippen LogP contribution in [0.2, 0.25) is 0 Å². The van der Waals surface area contributed by atoms with Gasteiger partial charge < -0.3 is 4.74 Å². The van der Waals surface area contributed by atoms with Crippen molar-refractivity contribution in [2.24, 2.45) is 0 Å². The summed E-state index contributed by atoms with van der Waals surface area (Å²) < 4.78 is 18.9. The van der Waals surface area contributed by atoms with E-state index in [1.807, 2.05) is 6.92 Å². The summed E-state index contributed by atoms with van der Waals surface area (Å²) in [5.41, 5.74) is 0.971. The van der Waals surface area contributed by atoms with E-state index in [4.69, 9.17) is 4.74 Å². The van der Waals surface area contributed by atoms with Crippen molar-refractivity contribution in [3.63, 3.8) is 0 Å². The molecular formula is C11H18FNOS. The van der Waals surface area contributed by atoms with Crippen LogP contribution in [-0.2, 0) is 4.74 Å². The summed E-state index contributed by atoms with van der Waals surface area (Å²) in [7, 11) is 0. The Bertz CT molecular complexity index is 271. The maximum atomic E-state index is 13.4. The van der Waals surface area contributed by atoms with Crippen LogP contribution in [0.15, 0.2) is 12.2 Å². The molecule has 3 atom stereocenters. The Labute approximate surface area is 95.9 Å². The molecule has 0 radical (unpaired) electrons. The Morgan fingerprint density at radius 3 is 3.20 bits per heavy atom. The summed E-state index contributed by atoms with van der Waals surface area (Å²) in [6.07, 6.45) is 0.734. The van der Waals surface area contributed by atoms with Gasteiger partial charge in [-0.15, -0.1) is 12.6 Å². The highest BCUT2D eigenvalue weighted by Crippen LogP contribution is 2.42. The van der Waals surface area contributed by atoms with Gasteiger partial charge in [0.2, 0.25) is 0 Å². The second kappa shape index (κ2) is 4.07. The molecule has 1 unspecified atom stereocenters. The summed E-state index contributed by atoms with van der Waals surface area (Å²) in [5.74, 6) is 0. The van der Waals surface area contributed by atoms with E-state index in [2.05, 4.69) is 24.1 Å². The molecule has 2 aliphatic heterocycles. The zero-order chi connectivity index (χ0) is 11.1. The average Bonchev–Trinajstić information content (AvgIpc) is 2.53. The third kappa shape index (κ3) is 2.22. The SMILES string of the molecule is C=C1CN2C[C@H](F)C[C@@]2(COC(C)S)C1. The summed E-state index contributed by atoms with van der Waals surface area (Å²) in [4.78, 5) is 2.18. The van der Waals surface area contributed by atoms with Crippen molar-refractivity contribution in [1.29, 1.82) is 0 Å². The summed E-state index contributed by atoms with van der Waals surface area (Å²) in [6, 6.07) is 0. The van der Waals surface area contributed by atoms with Crippen LogP contribution in [0.1, 0.15) is 19.8 Å². The van der Waals surface area contributed by atoms with Gasteiger partial charge in [-0.05, 0) is 13.3 Å². The average molecular weight is 231 g/mol. The Kier molecular flexibility index (Phi) is 3.10. The van der Waals surface area contributed by atoms with Crippen LogP contribution in [0.3, 0.4) is 0 Å². The molecule has 2 nitrogen and oxygen atoms in total. The molecule has 0 aromatic rings. The lowest BCUT2D eigenvalue weighted by Gasteiger charge is -2.31. The highest BCUT2D eigenvalue weighted by atomic mass is 32.1. The van der Waals surface area contributed by atoms with Crippen molar-refractivity contribution in [2.75, 3.05) is 19.7 Å². The van der Waals surface area contributed by atoms with Crippen LogP contribution >= 0.6 is 12.6 Å². The number of nitrogens with zero attached hydrogens (tertiary/aromatic N) is 1. The molecule has 0 aromatic heterocycles. The van der Waals surface area contributed by atoms with Crippen LogP contribution in [0.5, 0.6) is 0 Å². The number of hydrogen-bond donors (Lipinski definition) is 1. The van der Waals surface area contributed by atoms with E-state index < -0.39 is 6.17 Å². The van der Waals surface area contributed by atoms with Crippen molar-refractivity contribution in [3.8, 4) is 0 Å². The number of alkyl halides is 1. The zero-order valence-electron chi connectivity index (χ0n) is 9.08. The standard InChI is InChI=1S/C11H18FNOS/c1-8-3-11(7-14-9(2)15)4-10(12)6-13(11)5-8/h9-10,15H,1,3-7H2,2H3/t9?,10-,11-/m1/s1. The molecule has 15 heavy (non-hydrogen) atoms. The van der Waals surface area contributed by atoms with E-state index in [0.717, 1.165) is 13.0 Å². The molecule has 0 N–H and O–H groups in total. The molecule has 0 aliphatic carbocycles. The molecule has 2 heterocycles. The largest absolute Gasteiger partial charge is 0.366 e. The molecule has 2 saturated heterocycles. The molecular weight excluding hydrogens is 213 g/mol. The number of rotatable bonds is 3. The molecule has 2 aliphatic rings. The maximum Gasteiger partial charge on any atom is 0.115 e. The van der Waals surface area contributed by atoms with Gasteiger partial charge in [-0.2, -0.15) is 0 Å². The first kappa shape index (κ1) is 11.4. The van der Waals surface area contributed by atoms with Crippen molar-refractivity contribution in [3.05, 3.63) is 12.2 Å². The van der Waals surface area contributed by atoms with Gasteiger partial charge in [0, 0.05) is 19.5 Å². The highest BCUT2D eigenvalue weighted by molar-refractivity contribution is 7.80. The lowest BCUT2D eigenvalue weighted by Crippen LogP contribution is -2.42. The quantitative estimate of drug-likeness (QED) is 0.453. The minimum absolute atomic E-state index is 0.0891. The Hall–Kier alpha value is -0.0600. The van der Waals surface area contributed by atoms with Crippen molar-refractivity contribution in [2.45, 2.75) is 36.9 Å². The molecule has 4 heteroatoms. The second-order valence-electron chi connectivity index (χ2n) is 4.74. The molecule has 0 amide bonds. The number of hydrogen-bond acceptors (Lipinski definition) is 3. The van der Waals surface area contributed by atoms with Gasteiger partial charge in [0.15, 0.2) is 0 Å². The monoisotopic (exact) mass is 231 g/mol. The van der Waals surface area contributed by atoms with E-state index in [0.29, 0.717) is 19.6 Å². The lowest BCUT2D eigenvalue weighted by molar-refractivity contribution is 0.0295. The second-order valence-corrected chi connectivity index (χ2v) is 5.47. The molecule has 0 saturated carbocycles. The predicted molar refractivity (Wildman–Crippen MR) is 62.0 cm³/mol. The first-order chi connectivity index (χ1) is 7.02. The van der Waals surface area contributed by atoms with Crippen molar-refractivity contribution >= 4 is 12.6 Å². The fourth-order valence-corrected chi connectivity index (χ4v) is 2.80. The predicted octanol–water partition coefficient (Wildman–Crippen LogP) is 2.02. The highest BCUT2D eigenvalue weighted by Gasteiger charge is 2.50. The molecule has 2 rings (SSSR count). The van der Waals surface area contributed by atoms with Gasteiger partial charge in [0.25, 0.3) is 0 Å². The zero-order valence-corrected chi connectivity index (χ0v) is 9.97. The van der Waals surface area contributed by atoms with Crippen LogP contribution in [0.25, 0.3) is 0 Å². The van der Waals surface area contributed by atoms with Crippen LogP contribution in [0.4, 0.5) is 4.39 Å². The lowest BCUT2D eigenvalue weighted by atomic mass is 9.93. The molecule has 0 aromatic carbocycles. The molecule has 0 bridgehead atoms. The van der Waals surface area contributed by atoms with Gasteiger partial charge in [0.05, 0.1) is 17.6 Å². The first-order valence-electron chi connectivity index (χ1n) is 5.37. The third-order valence-corrected chi connectivity index (χ3v) is 3.43. The maximum absolute atomic E-state index is 13.4. The number of fused-ring (bicyclic) bond motifs is 1. The number of halogens is 1. The molecule has 2 fully saturated rings. The number of ether oxygens (including phenoxy) is 1. The van der Waals surface area contributed by atoms with E-state index in [-0.39, 0.29) is 11.0 Å². The van der Waals surface area contributed by atoms with E-state index in [1.165, 1.54) is 5.57 Å². The summed E-state index contributed by atoms with van der Waals surface area (Å²) in [5, 5.41) is 0. The van der Waals surface area contributed by atoms with E-state index in [1.54, 1.807) is 0 Å².